The molecule has 0 spiro atoms. The van der Waals surface area contributed by atoms with E-state index in [9.17, 15) is 9.18 Å². The van der Waals surface area contributed by atoms with Crippen molar-refractivity contribution in [1.82, 2.24) is 9.78 Å². The Kier molecular flexibility index (Phi) is 3.93. The minimum atomic E-state index is -0.379. The summed E-state index contributed by atoms with van der Waals surface area (Å²) >= 11 is 0. The Balaban J connectivity index is 1.81. The number of amides is 1. The van der Waals surface area contributed by atoms with E-state index < -0.39 is 0 Å². The molecular weight excluding hydrogens is 293 g/mol. The summed E-state index contributed by atoms with van der Waals surface area (Å²) in [6.07, 6.45) is 1.72. The number of carbonyl (C=O) groups excluding carboxylic acids is 1. The van der Waals surface area contributed by atoms with Gasteiger partial charge in [0, 0.05) is 23.1 Å². The molecule has 0 aliphatic carbocycles. The van der Waals surface area contributed by atoms with Crippen LogP contribution in [0.25, 0.3) is 5.69 Å². The molecule has 3 aromatic rings. The van der Waals surface area contributed by atoms with Crippen molar-refractivity contribution in [3.63, 3.8) is 0 Å². The third-order valence-corrected chi connectivity index (χ3v) is 3.65. The zero-order valence-electron chi connectivity index (χ0n) is 12.9. The maximum atomic E-state index is 13.3. The van der Waals surface area contributed by atoms with Crippen LogP contribution in [-0.2, 0) is 0 Å². The highest BCUT2D eigenvalue weighted by molar-refractivity contribution is 6.04. The van der Waals surface area contributed by atoms with E-state index in [0.717, 1.165) is 16.9 Å². The number of aromatic nitrogens is 2. The summed E-state index contributed by atoms with van der Waals surface area (Å²) in [5, 5.41) is 6.96. The van der Waals surface area contributed by atoms with Gasteiger partial charge in [-0.1, -0.05) is 6.07 Å². The molecule has 2 aromatic carbocycles. The maximum Gasteiger partial charge on any atom is 0.255 e. The quantitative estimate of drug-likeness (QED) is 0.798. The predicted molar refractivity (Wildman–Crippen MR) is 87.4 cm³/mol. The van der Waals surface area contributed by atoms with E-state index in [1.54, 1.807) is 29.1 Å². The molecule has 0 saturated heterocycles. The Morgan fingerprint density at radius 1 is 1.09 bits per heavy atom. The fraction of sp³-hybridized carbons (Fsp3) is 0.111. The zero-order chi connectivity index (χ0) is 16.4. The van der Waals surface area contributed by atoms with Crippen molar-refractivity contribution in [1.29, 1.82) is 0 Å². The van der Waals surface area contributed by atoms with E-state index in [4.69, 9.17) is 0 Å². The largest absolute Gasteiger partial charge is 0.322 e. The van der Waals surface area contributed by atoms with Gasteiger partial charge in [0.1, 0.15) is 5.82 Å². The zero-order valence-corrected chi connectivity index (χ0v) is 12.9. The summed E-state index contributed by atoms with van der Waals surface area (Å²) in [4.78, 5) is 12.3. The van der Waals surface area contributed by atoms with E-state index in [0.29, 0.717) is 11.3 Å². The maximum absolute atomic E-state index is 13.3. The Morgan fingerprint density at radius 3 is 2.48 bits per heavy atom. The van der Waals surface area contributed by atoms with E-state index in [1.807, 2.05) is 32.0 Å². The van der Waals surface area contributed by atoms with Gasteiger partial charge < -0.3 is 5.32 Å². The molecule has 0 fully saturated rings. The first kappa shape index (κ1) is 15.0. The van der Waals surface area contributed by atoms with Crippen LogP contribution in [0.5, 0.6) is 0 Å². The minimum Gasteiger partial charge on any atom is -0.322 e. The molecule has 23 heavy (non-hydrogen) atoms. The molecule has 116 valence electrons. The lowest BCUT2D eigenvalue weighted by molar-refractivity contribution is 0.102. The van der Waals surface area contributed by atoms with Crippen molar-refractivity contribution in [2.45, 2.75) is 13.8 Å². The molecule has 3 rings (SSSR count). The van der Waals surface area contributed by atoms with Crippen LogP contribution in [-0.4, -0.2) is 15.7 Å². The van der Waals surface area contributed by atoms with Gasteiger partial charge in [0.2, 0.25) is 0 Å². The lowest BCUT2D eigenvalue weighted by Crippen LogP contribution is -2.13. The summed E-state index contributed by atoms with van der Waals surface area (Å²) in [5.74, 6) is -0.655. The first-order valence-corrected chi connectivity index (χ1v) is 7.23. The minimum absolute atomic E-state index is 0.276. The van der Waals surface area contributed by atoms with Crippen LogP contribution in [0.2, 0.25) is 0 Å². The number of halogens is 1. The van der Waals surface area contributed by atoms with Crippen molar-refractivity contribution in [3.05, 3.63) is 77.4 Å². The first-order valence-electron chi connectivity index (χ1n) is 7.23. The third kappa shape index (κ3) is 3.13. The molecule has 0 radical (unpaired) electrons. The van der Waals surface area contributed by atoms with Gasteiger partial charge in [0.15, 0.2) is 0 Å². The molecular formula is C18H16FN3O. The number of nitrogens with one attached hydrogen (secondary N) is 1. The smallest absolute Gasteiger partial charge is 0.255 e. The summed E-state index contributed by atoms with van der Waals surface area (Å²) in [5.41, 5.74) is 3.68. The van der Waals surface area contributed by atoms with Gasteiger partial charge in [-0.05, 0) is 61.9 Å². The molecule has 0 unspecified atom stereocenters. The van der Waals surface area contributed by atoms with Crippen molar-refractivity contribution >= 4 is 11.6 Å². The Hall–Kier alpha value is -2.95. The first-order chi connectivity index (χ1) is 11.0. The van der Waals surface area contributed by atoms with Gasteiger partial charge in [-0.2, -0.15) is 5.10 Å². The second-order valence-corrected chi connectivity index (χ2v) is 5.34. The van der Waals surface area contributed by atoms with Crippen molar-refractivity contribution in [2.75, 3.05) is 5.32 Å². The number of hydrogen-bond donors (Lipinski definition) is 1. The number of carbonyl (C=O) groups is 1. The number of benzene rings is 2. The van der Waals surface area contributed by atoms with Crippen molar-refractivity contribution < 1.29 is 9.18 Å². The number of aryl methyl sites for hydroxylation is 2. The fourth-order valence-corrected chi connectivity index (χ4v) is 2.32. The Bertz CT molecular complexity index is 853. The molecule has 1 heterocycles. The normalized spacial score (nSPS) is 10.6. The van der Waals surface area contributed by atoms with Crippen LogP contribution >= 0.6 is 0 Å². The van der Waals surface area contributed by atoms with Crippen LogP contribution in [0.3, 0.4) is 0 Å². The molecule has 5 heteroatoms. The average molecular weight is 309 g/mol. The van der Waals surface area contributed by atoms with E-state index in [2.05, 4.69) is 10.4 Å². The van der Waals surface area contributed by atoms with Gasteiger partial charge in [-0.3, -0.25) is 4.79 Å². The number of hydrogen-bond acceptors (Lipinski definition) is 2. The highest BCUT2D eigenvalue weighted by Crippen LogP contribution is 2.18. The Labute approximate surface area is 133 Å². The molecule has 0 saturated carbocycles. The molecule has 4 nitrogen and oxygen atoms in total. The monoisotopic (exact) mass is 309 g/mol. The fourth-order valence-electron chi connectivity index (χ4n) is 2.32. The highest BCUT2D eigenvalue weighted by atomic mass is 19.1. The number of anilines is 1. The second kappa shape index (κ2) is 6.04. The number of nitrogens with zero attached hydrogens (tertiary/aromatic N) is 2. The molecule has 1 N–H and O–H groups in total. The van der Waals surface area contributed by atoms with Crippen LogP contribution < -0.4 is 5.32 Å². The van der Waals surface area contributed by atoms with Gasteiger partial charge in [0.05, 0.1) is 5.69 Å². The molecule has 0 aliphatic heterocycles. The highest BCUT2D eigenvalue weighted by Gasteiger charge is 2.09. The van der Waals surface area contributed by atoms with Gasteiger partial charge in [-0.15, -0.1) is 0 Å². The predicted octanol–water partition coefficient (Wildman–Crippen LogP) is 3.88. The Morgan fingerprint density at radius 2 is 1.83 bits per heavy atom. The lowest BCUT2D eigenvalue weighted by Gasteiger charge is -2.09. The summed E-state index contributed by atoms with van der Waals surface area (Å²) in [7, 11) is 0. The van der Waals surface area contributed by atoms with Crippen LogP contribution in [0.15, 0.2) is 54.7 Å². The standard InChI is InChI=1S/C18H16FN3O/c1-12-3-6-15(19)11-17(12)21-18(23)14-4-7-16(8-5-14)22-13(2)9-10-20-22/h3-11H,1-2H3,(H,21,23). The van der Waals surface area contributed by atoms with Crippen LogP contribution in [0, 0.1) is 19.7 Å². The van der Waals surface area contributed by atoms with Gasteiger partial charge >= 0.3 is 0 Å². The van der Waals surface area contributed by atoms with Gasteiger partial charge in [-0.25, -0.2) is 9.07 Å². The summed E-state index contributed by atoms with van der Waals surface area (Å²) < 4.78 is 15.1. The second-order valence-electron chi connectivity index (χ2n) is 5.34. The average Bonchev–Trinajstić information content (AvgIpc) is 2.97. The van der Waals surface area contributed by atoms with Crippen LogP contribution in [0.1, 0.15) is 21.6 Å². The molecule has 1 amide bonds. The number of rotatable bonds is 3. The van der Waals surface area contributed by atoms with Crippen molar-refractivity contribution in [2.24, 2.45) is 0 Å². The van der Waals surface area contributed by atoms with E-state index in [1.165, 1.54) is 12.1 Å². The topological polar surface area (TPSA) is 46.9 Å². The third-order valence-electron chi connectivity index (χ3n) is 3.65. The van der Waals surface area contributed by atoms with Crippen molar-refractivity contribution in [3.8, 4) is 5.69 Å². The summed E-state index contributed by atoms with van der Waals surface area (Å²) in [6.45, 7) is 3.78. The van der Waals surface area contributed by atoms with E-state index >= 15 is 0 Å². The molecule has 1 aromatic heterocycles. The molecule has 0 bridgehead atoms. The van der Waals surface area contributed by atoms with Crippen LogP contribution in [0.4, 0.5) is 10.1 Å². The lowest BCUT2D eigenvalue weighted by atomic mass is 10.1. The summed E-state index contributed by atoms with van der Waals surface area (Å²) in [6, 6.07) is 13.3. The molecule has 0 aliphatic rings. The molecule has 0 atom stereocenters. The SMILES string of the molecule is Cc1ccc(F)cc1NC(=O)c1ccc(-n2nccc2C)cc1. The van der Waals surface area contributed by atoms with Gasteiger partial charge in [0.25, 0.3) is 5.91 Å². The van der Waals surface area contributed by atoms with E-state index in [-0.39, 0.29) is 11.7 Å².